The molecule has 1 saturated heterocycles. The summed E-state index contributed by atoms with van der Waals surface area (Å²) < 4.78 is 0. The molecule has 0 bridgehead atoms. The number of aryl methyl sites for hydroxylation is 1. The molecule has 0 amide bonds. The van der Waals surface area contributed by atoms with Crippen LogP contribution in [0.15, 0.2) is 35.9 Å². The maximum absolute atomic E-state index is 8.97. The second-order valence-electron chi connectivity index (χ2n) is 9.74. The van der Waals surface area contributed by atoms with Gasteiger partial charge in [-0.15, -0.1) is 0 Å². The van der Waals surface area contributed by atoms with Gasteiger partial charge in [0.25, 0.3) is 0 Å². The van der Waals surface area contributed by atoms with Crippen molar-refractivity contribution in [3.63, 3.8) is 0 Å². The summed E-state index contributed by atoms with van der Waals surface area (Å²) in [5.41, 5.74) is 8.12. The van der Waals surface area contributed by atoms with Crippen molar-refractivity contribution in [2.75, 3.05) is 26.2 Å². The van der Waals surface area contributed by atoms with Crippen molar-refractivity contribution in [2.45, 2.75) is 70.6 Å². The van der Waals surface area contributed by atoms with Gasteiger partial charge >= 0.3 is 0 Å². The molecule has 1 aliphatic heterocycles. The fourth-order valence-electron chi connectivity index (χ4n) is 5.52. The van der Waals surface area contributed by atoms with Crippen molar-refractivity contribution >= 4 is 5.57 Å². The third-order valence-electron chi connectivity index (χ3n) is 7.30. The van der Waals surface area contributed by atoms with E-state index in [0.717, 1.165) is 38.1 Å². The molecule has 2 nitrogen and oxygen atoms in total. The fourth-order valence-corrected chi connectivity index (χ4v) is 5.52. The van der Waals surface area contributed by atoms with Crippen LogP contribution in [0.5, 0.6) is 0 Å². The topological polar surface area (TPSA) is 23.5 Å². The van der Waals surface area contributed by atoms with Gasteiger partial charge in [0.15, 0.2) is 0 Å². The molecule has 1 atom stereocenters. The van der Waals surface area contributed by atoms with Gasteiger partial charge in [0.2, 0.25) is 0 Å². The van der Waals surface area contributed by atoms with Crippen LogP contribution in [0.25, 0.3) is 5.57 Å². The highest BCUT2D eigenvalue weighted by Gasteiger charge is 2.28. The fraction of sp³-hybridized carbons (Fsp3) is 0.615. The van der Waals surface area contributed by atoms with Crippen LogP contribution in [-0.4, -0.2) is 36.2 Å². The first-order valence-electron chi connectivity index (χ1n) is 11.4. The van der Waals surface area contributed by atoms with E-state index in [2.05, 4.69) is 49.1 Å². The van der Waals surface area contributed by atoms with Gasteiger partial charge in [0.1, 0.15) is 0 Å². The summed E-state index contributed by atoms with van der Waals surface area (Å²) in [6.45, 7) is 8.72. The number of aliphatic hydroxyl groups is 1. The molecule has 0 spiro atoms. The number of nitrogens with zero attached hydrogens (tertiary/aromatic N) is 1. The van der Waals surface area contributed by atoms with E-state index < -0.39 is 0 Å². The predicted octanol–water partition coefficient (Wildman–Crippen LogP) is 5.50. The van der Waals surface area contributed by atoms with Crippen LogP contribution in [0.2, 0.25) is 0 Å². The smallest absolute Gasteiger partial charge is 0.0431 e. The van der Waals surface area contributed by atoms with E-state index >= 15 is 0 Å². The number of fused-ring (bicyclic) bond motifs is 1. The number of unbranched alkanes of at least 4 members (excludes halogenated alkanes) is 1. The molecule has 2 aliphatic carbocycles. The number of likely N-dealkylation sites (tertiary alicyclic amines) is 1. The molecule has 4 rings (SSSR count). The van der Waals surface area contributed by atoms with Crippen LogP contribution >= 0.6 is 0 Å². The number of benzene rings is 1. The molecule has 3 aliphatic rings. The van der Waals surface area contributed by atoms with Crippen molar-refractivity contribution in [2.24, 2.45) is 5.92 Å². The Bertz CT molecular complexity index is 758. The zero-order valence-corrected chi connectivity index (χ0v) is 17.8. The maximum Gasteiger partial charge on any atom is 0.0431 e. The Balaban J connectivity index is 1.37. The van der Waals surface area contributed by atoms with Crippen LogP contribution < -0.4 is 0 Å². The van der Waals surface area contributed by atoms with Gasteiger partial charge in [-0.1, -0.05) is 49.8 Å². The van der Waals surface area contributed by atoms with Crippen molar-refractivity contribution in [1.29, 1.82) is 0 Å². The van der Waals surface area contributed by atoms with Gasteiger partial charge in [-0.25, -0.2) is 0 Å². The Morgan fingerprint density at radius 3 is 2.82 bits per heavy atom. The van der Waals surface area contributed by atoms with Gasteiger partial charge in [0, 0.05) is 13.2 Å². The highest BCUT2D eigenvalue weighted by atomic mass is 16.2. The molecular weight excluding hydrogens is 342 g/mol. The number of hydrogen-bond acceptors (Lipinski definition) is 2. The molecule has 1 N–H and O–H groups in total. The first-order chi connectivity index (χ1) is 13.6. The number of aliphatic hydroxyl groups excluding tert-OH is 1. The lowest BCUT2D eigenvalue weighted by atomic mass is 9.72. The van der Waals surface area contributed by atoms with Crippen LogP contribution in [0.4, 0.5) is 0 Å². The third kappa shape index (κ3) is 4.28. The van der Waals surface area contributed by atoms with E-state index in [9.17, 15) is 0 Å². The van der Waals surface area contributed by atoms with E-state index in [1.165, 1.54) is 49.9 Å². The molecule has 0 radical (unpaired) electrons. The van der Waals surface area contributed by atoms with Gasteiger partial charge in [-0.05, 0) is 98.1 Å². The summed E-state index contributed by atoms with van der Waals surface area (Å²) in [5, 5.41) is 8.97. The van der Waals surface area contributed by atoms with E-state index in [1.54, 1.807) is 16.7 Å². The largest absolute Gasteiger partial charge is 0.396 e. The average Bonchev–Trinajstić information content (AvgIpc) is 3.17. The van der Waals surface area contributed by atoms with Crippen molar-refractivity contribution < 1.29 is 5.11 Å². The SMILES string of the molecule is CC1(C)CCCc2cc(C3=CCC(C4CCN(CCCCO)C4)=CC3)ccc21. The Hall–Kier alpha value is -1.38. The number of allylic oxidation sites excluding steroid dienone is 3. The van der Waals surface area contributed by atoms with Crippen molar-refractivity contribution in [3.8, 4) is 0 Å². The summed E-state index contributed by atoms with van der Waals surface area (Å²) >= 11 is 0. The molecule has 0 saturated carbocycles. The van der Waals surface area contributed by atoms with Crippen molar-refractivity contribution in [1.82, 2.24) is 4.90 Å². The van der Waals surface area contributed by atoms with E-state index in [1.807, 2.05) is 0 Å². The summed E-state index contributed by atoms with van der Waals surface area (Å²) in [5.74, 6) is 0.747. The van der Waals surface area contributed by atoms with E-state index in [-0.39, 0.29) is 0 Å². The second kappa shape index (κ2) is 8.55. The Labute approximate surface area is 171 Å². The summed E-state index contributed by atoms with van der Waals surface area (Å²) in [6.07, 6.45) is 14.5. The zero-order chi connectivity index (χ0) is 19.6. The lowest BCUT2D eigenvalue weighted by Gasteiger charge is -2.33. The molecule has 1 heterocycles. The molecule has 152 valence electrons. The predicted molar refractivity (Wildman–Crippen MR) is 119 cm³/mol. The Morgan fingerprint density at radius 2 is 2.04 bits per heavy atom. The Morgan fingerprint density at radius 1 is 1.14 bits per heavy atom. The van der Waals surface area contributed by atoms with Crippen LogP contribution in [-0.2, 0) is 11.8 Å². The van der Waals surface area contributed by atoms with E-state index in [0.29, 0.717) is 12.0 Å². The second-order valence-corrected chi connectivity index (χ2v) is 9.74. The summed E-state index contributed by atoms with van der Waals surface area (Å²) in [4.78, 5) is 2.59. The average molecular weight is 380 g/mol. The number of hydrogen-bond donors (Lipinski definition) is 1. The lowest BCUT2D eigenvalue weighted by Crippen LogP contribution is -2.23. The molecule has 2 heteroatoms. The van der Waals surface area contributed by atoms with Gasteiger partial charge in [0.05, 0.1) is 0 Å². The molecule has 1 aromatic carbocycles. The molecule has 28 heavy (non-hydrogen) atoms. The van der Waals surface area contributed by atoms with Crippen LogP contribution in [0, 0.1) is 5.92 Å². The summed E-state index contributed by atoms with van der Waals surface area (Å²) in [6, 6.07) is 7.26. The van der Waals surface area contributed by atoms with Crippen LogP contribution in [0.1, 0.15) is 75.5 Å². The summed E-state index contributed by atoms with van der Waals surface area (Å²) in [7, 11) is 0. The standard InChI is InChI=1S/C26H37NO/c1-26(2)14-5-6-23-18-22(11-12-25(23)26)20-7-9-21(10-8-20)24-13-16-27(19-24)15-3-4-17-28/h7,10-12,18,24,28H,3-6,8-9,13-17,19H2,1-2H3. The van der Waals surface area contributed by atoms with Gasteiger partial charge in [-0.3, -0.25) is 0 Å². The maximum atomic E-state index is 8.97. The Kier molecular flexibility index (Phi) is 6.08. The minimum atomic E-state index is 0.330. The quantitative estimate of drug-likeness (QED) is 0.521. The molecule has 1 fully saturated rings. The lowest BCUT2D eigenvalue weighted by molar-refractivity contribution is 0.262. The first kappa shape index (κ1) is 19.9. The van der Waals surface area contributed by atoms with E-state index in [4.69, 9.17) is 5.11 Å². The third-order valence-corrected chi connectivity index (χ3v) is 7.30. The van der Waals surface area contributed by atoms with Gasteiger partial charge in [-0.2, -0.15) is 0 Å². The number of rotatable bonds is 6. The first-order valence-corrected chi connectivity index (χ1v) is 11.4. The molecule has 1 aromatic rings. The molecular formula is C26H37NO. The van der Waals surface area contributed by atoms with Gasteiger partial charge < -0.3 is 10.0 Å². The monoisotopic (exact) mass is 379 g/mol. The van der Waals surface area contributed by atoms with Crippen molar-refractivity contribution in [3.05, 3.63) is 52.6 Å². The normalized spacial score (nSPS) is 24.6. The highest BCUT2D eigenvalue weighted by molar-refractivity contribution is 5.69. The zero-order valence-electron chi connectivity index (χ0n) is 17.8. The minimum absolute atomic E-state index is 0.330. The highest BCUT2D eigenvalue weighted by Crippen LogP contribution is 2.39. The molecule has 0 aromatic heterocycles. The molecule has 1 unspecified atom stereocenters. The van der Waals surface area contributed by atoms with Crippen LogP contribution in [0.3, 0.4) is 0 Å². The minimum Gasteiger partial charge on any atom is -0.396 e.